The molecule has 0 unspecified atom stereocenters. The van der Waals surface area contributed by atoms with Crippen LogP contribution < -0.4 is 4.90 Å². The zero-order valence-electron chi connectivity index (χ0n) is 37.0. The van der Waals surface area contributed by atoms with Gasteiger partial charge in [-0.05, 0) is 70.2 Å². The standard InChI is InChI=1S/C42H29NO/c1-4-13-30(14-5-1)32-23-25-35(26-24-32)43(36-20-12-19-34(29-36)31-15-6-2-7-16-31)39-28-27-37(33-17-8-3-9-18-33)42-41(39)38-21-10-11-22-40(38)44-42/h1-29H/i1D,3D,4D,5D,8D,9D,13D,14D,17D,18D,23D,24D,25D,26D. The number of benzene rings is 7. The fourth-order valence-electron chi connectivity index (χ4n) is 5.34. The third kappa shape index (κ3) is 4.63. The molecule has 0 aliphatic rings. The van der Waals surface area contributed by atoms with Gasteiger partial charge in [-0.25, -0.2) is 0 Å². The van der Waals surface area contributed by atoms with Crippen LogP contribution in [0.3, 0.4) is 0 Å². The van der Waals surface area contributed by atoms with Crippen molar-refractivity contribution < 1.29 is 23.6 Å². The molecule has 0 aliphatic carbocycles. The van der Waals surface area contributed by atoms with Gasteiger partial charge in [0, 0.05) is 22.3 Å². The summed E-state index contributed by atoms with van der Waals surface area (Å²) in [6, 6.07) is 18.3. The monoisotopic (exact) mass is 577 g/mol. The second-order valence-corrected chi connectivity index (χ2v) is 9.91. The van der Waals surface area contributed by atoms with Crippen molar-refractivity contribution in [1.82, 2.24) is 0 Å². The molecule has 0 aliphatic heterocycles. The summed E-state index contributed by atoms with van der Waals surface area (Å²) in [5.41, 5.74) is 1.68. The molecule has 1 aromatic heterocycles. The number of nitrogens with zero attached hydrogens (tertiary/aromatic N) is 1. The van der Waals surface area contributed by atoms with Gasteiger partial charge in [-0.3, -0.25) is 0 Å². The van der Waals surface area contributed by atoms with E-state index in [0.717, 1.165) is 11.1 Å². The van der Waals surface area contributed by atoms with Crippen molar-refractivity contribution in [1.29, 1.82) is 0 Å². The van der Waals surface area contributed by atoms with Crippen LogP contribution >= 0.6 is 0 Å². The third-order valence-electron chi connectivity index (χ3n) is 7.31. The molecule has 0 radical (unpaired) electrons. The molecule has 0 N–H and O–H groups in total. The van der Waals surface area contributed by atoms with Gasteiger partial charge in [-0.1, -0.05) is 133 Å². The SMILES string of the molecule is [2H]c1c([2H])c([2H])c(-c2c([2H])c([2H])c(N(c3cccc(-c4ccccc4)c3)c3ccc(-c4c([2H])c([2H])c([2H])c([2H])c4[2H])c4oc5ccccc5c34)c([2H])c2[2H])c([2H])c1[2H]. The van der Waals surface area contributed by atoms with E-state index in [1.807, 2.05) is 42.5 Å². The molecule has 208 valence electrons. The maximum Gasteiger partial charge on any atom is 0.145 e. The lowest BCUT2D eigenvalue weighted by molar-refractivity contribution is 0.670. The van der Waals surface area contributed by atoms with Crippen LogP contribution in [0.25, 0.3) is 55.3 Å². The Labute approximate surface area is 276 Å². The molecule has 0 saturated heterocycles. The summed E-state index contributed by atoms with van der Waals surface area (Å²) in [4.78, 5) is 1.52. The highest BCUT2D eigenvalue weighted by atomic mass is 16.3. The Morgan fingerprint density at radius 3 is 1.91 bits per heavy atom. The molecule has 2 nitrogen and oxygen atoms in total. The lowest BCUT2D eigenvalue weighted by atomic mass is 9.99. The van der Waals surface area contributed by atoms with Crippen LogP contribution in [-0.4, -0.2) is 0 Å². The van der Waals surface area contributed by atoms with Crippen LogP contribution in [-0.2, 0) is 0 Å². The second kappa shape index (κ2) is 11.1. The number of furan rings is 1. The minimum absolute atomic E-state index is 0.105. The molecular weight excluding hydrogens is 534 g/mol. The van der Waals surface area contributed by atoms with Crippen LogP contribution in [0.4, 0.5) is 17.1 Å². The van der Waals surface area contributed by atoms with Gasteiger partial charge in [0.2, 0.25) is 0 Å². The fraction of sp³-hybridized carbons (Fsp3) is 0. The van der Waals surface area contributed by atoms with E-state index in [0.29, 0.717) is 22.0 Å². The molecule has 0 atom stereocenters. The summed E-state index contributed by atoms with van der Waals surface area (Å²) in [5.74, 6) is 0. The van der Waals surface area contributed by atoms with Gasteiger partial charge in [0.05, 0.1) is 30.3 Å². The Bertz CT molecular complexity index is 2930. The van der Waals surface area contributed by atoms with Crippen LogP contribution in [0.5, 0.6) is 0 Å². The van der Waals surface area contributed by atoms with Crippen LogP contribution in [0.2, 0.25) is 0 Å². The Morgan fingerprint density at radius 1 is 0.477 bits per heavy atom. The van der Waals surface area contributed by atoms with E-state index in [4.69, 9.17) is 18.1 Å². The van der Waals surface area contributed by atoms with E-state index in [-0.39, 0.29) is 28.1 Å². The van der Waals surface area contributed by atoms with E-state index < -0.39 is 95.7 Å². The first kappa shape index (κ1) is 15.0. The highest BCUT2D eigenvalue weighted by molar-refractivity contribution is 6.17. The fourth-order valence-corrected chi connectivity index (χ4v) is 5.34. The van der Waals surface area contributed by atoms with Crippen molar-refractivity contribution in [2.75, 3.05) is 4.90 Å². The van der Waals surface area contributed by atoms with Crippen molar-refractivity contribution in [3.8, 4) is 33.4 Å². The second-order valence-electron chi connectivity index (χ2n) is 9.91. The lowest BCUT2D eigenvalue weighted by Crippen LogP contribution is -2.10. The maximum atomic E-state index is 9.48. The summed E-state index contributed by atoms with van der Waals surface area (Å²) in [6.45, 7) is 0. The summed E-state index contributed by atoms with van der Waals surface area (Å²) in [7, 11) is 0. The summed E-state index contributed by atoms with van der Waals surface area (Å²) < 4.78 is 128. The minimum Gasteiger partial charge on any atom is -0.455 e. The number of hydrogen-bond donors (Lipinski definition) is 0. The Morgan fingerprint density at radius 2 is 1.14 bits per heavy atom. The van der Waals surface area contributed by atoms with Crippen molar-refractivity contribution >= 4 is 39.0 Å². The molecule has 0 saturated carbocycles. The first-order chi connectivity index (χ1) is 27.6. The van der Waals surface area contributed by atoms with Crippen molar-refractivity contribution in [3.05, 3.63) is 176 Å². The Kier molecular flexibility index (Phi) is 3.79. The van der Waals surface area contributed by atoms with E-state index >= 15 is 0 Å². The minimum atomic E-state index is -0.690. The number of para-hydroxylation sites is 1. The van der Waals surface area contributed by atoms with Crippen LogP contribution in [0.1, 0.15) is 19.2 Å². The molecule has 1 heterocycles. The van der Waals surface area contributed by atoms with E-state index in [9.17, 15) is 5.48 Å². The van der Waals surface area contributed by atoms with Crippen molar-refractivity contribution in [3.63, 3.8) is 0 Å². The quantitative estimate of drug-likeness (QED) is 0.195. The molecule has 0 fully saturated rings. The Hall–Kier alpha value is -5.86. The highest BCUT2D eigenvalue weighted by Gasteiger charge is 2.22. The molecule has 0 amide bonds. The molecule has 44 heavy (non-hydrogen) atoms. The smallest absolute Gasteiger partial charge is 0.145 e. The third-order valence-corrected chi connectivity index (χ3v) is 7.31. The zero-order chi connectivity index (χ0) is 41.5. The normalized spacial score (nSPS) is 15.6. The first-order valence-corrected chi connectivity index (χ1v) is 13.8. The van der Waals surface area contributed by atoms with Crippen molar-refractivity contribution in [2.24, 2.45) is 0 Å². The van der Waals surface area contributed by atoms with Crippen LogP contribution in [0, 0.1) is 0 Å². The molecule has 0 bridgehead atoms. The van der Waals surface area contributed by atoms with Gasteiger partial charge in [-0.2, -0.15) is 0 Å². The number of fused-ring (bicyclic) bond motifs is 3. The molecule has 7 aromatic carbocycles. The van der Waals surface area contributed by atoms with Crippen molar-refractivity contribution in [2.45, 2.75) is 0 Å². The predicted molar refractivity (Wildman–Crippen MR) is 185 cm³/mol. The Balaban J connectivity index is 1.50. The van der Waals surface area contributed by atoms with E-state index in [1.54, 1.807) is 42.5 Å². The van der Waals surface area contributed by atoms with Gasteiger partial charge in [0.25, 0.3) is 0 Å². The maximum absolute atomic E-state index is 9.48. The molecule has 0 spiro atoms. The topological polar surface area (TPSA) is 16.4 Å². The van der Waals surface area contributed by atoms with Crippen LogP contribution in [0.15, 0.2) is 180 Å². The molecule has 8 rings (SSSR count). The number of anilines is 3. The average molecular weight is 578 g/mol. The predicted octanol–water partition coefficient (Wildman–Crippen LogP) is 12.1. The summed E-state index contributed by atoms with van der Waals surface area (Å²) >= 11 is 0. The zero-order valence-corrected chi connectivity index (χ0v) is 23.0. The lowest BCUT2D eigenvalue weighted by Gasteiger charge is -2.27. The van der Waals surface area contributed by atoms with E-state index in [1.165, 1.54) is 11.0 Å². The summed E-state index contributed by atoms with van der Waals surface area (Å²) in [6.07, 6.45) is 0. The molecular formula is C42H29NO. The largest absolute Gasteiger partial charge is 0.455 e. The van der Waals surface area contributed by atoms with E-state index in [2.05, 4.69) is 0 Å². The molecule has 2 heteroatoms. The summed E-state index contributed by atoms with van der Waals surface area (Å²) in [5, 5.41) is 0.911. The number of rotatable bonds is 6. The van der Waals surface area contributed by atoms with Gasteiger partial charge in [0.1, 0.15) is 11.2 Å². The number of hydrogen-bond acceptors (Lipinski definition) is 2. The van der Waals surface area contributed by atoms with Gasteiger partial charge in [0.15, 0.2) is 0 Å². The van der Waals surface area contributed by atoms with Gasteiger partial charge < -0.3 is 9.32 Å². The average Bonchev–Trinajstić information content (AvgIpc) is 3.63. The highest BCUT2D eigenvalue weighted by Crippen LogP contribution is 2.46. The first-order valence-electron chi connectivity index (χ1n) is 20.8. The molecule has 8 aromatic rings. The van der Waals surface area contributed by atoms with Gasteiger partial charge >= 0.3 is 0 Å². The van der Waals surface area contributed by atoms with Gasteiger partial charge in [-0.15, -0.1) is 0 Å².